The Bertz CT molecular complexity index is 1060. The van der Waals surface area contributed by atoms with E-state index in [1.165, 1.54) is 53.4 Å². The summed E-state index contributed by atoms with van der Waals surface area (Å²) >= 11 is 5.91. The van der Waals surface area contributed by atoms with Crippen LogP contribution in [0.2, 0.25) is 5.02 Å². The van der Waals surface area contributed by atoms with Crippen molar-refractivity contribution in [2.45, 2.75) is 45.8 Å². The van der Waals surface area contributed by atoms with E-state index in [0.29, 0.717) is 17.0 Å². The molecule has 0 bridgehead atoms. The first-order valence-corrected chi connectivity index (χ1v) is 12.7. The highest BCUT2D eigenvalue weighted by molar-refractivity contribution is 7.92. The topological polar surface area (TPSA) is 86.8 Å². The van der Waals surface area contributed by atoms with Crippen LogP contribution in [0.5, 0.6) is 0 Å². The number of rotatable bonds is 10. The Labute approximate surface area is 199 Å². The highest BCUT2D eigenvalue weighted by Crippen LogP contribution is 2.22. The van der Waals surface area contributed by atoms with E-state index in [4.69, 9.17) is 11.6 Å². The highest BCUT2D eigenvalue weighted by atomic mass is 35.5. The number of carbonyl (C=O) groups excluding carboxylic acids is 2. The maximum atomic E-state index is 13.4. The van der Waals surface area contributed by atoms with Gasteiger partial charge in [-0.1, -0.05) is 30.7 Å². The SMILES string of the molecule is CC[C@H](C(=O)NC(C)C)N(Cc1ccc(F)cc1)C(=O)CN(c1ccc(Cl)cc1)S(C)(=O)=O. The van der Waals surface area contributed by atoms with Gasteiger partial charge >= 0.3 is 0 Å². The Hall–Kier alpha value is -2.65. The maximum absolute atomic E-state index is 13.4. The minimum Gasteiger partial charge on any atom is -0.352 e. The van der Waals surface area contributed by atoms with Crippen molar-refractivity contribution in [3.8, 4) is 0 Å². The number of halogens is 2. The van der Waals surface area contributed by atoms with E-state index in [-0.39, 0.29) is 24.2 Å². The van der Waals surface area contributed by atoms with Gasteiger partial charge in [0.05, 0.1) is 11.9 Å². The van der Waals surface area contributed by atoms with Gasteiger partial charge in [-0.05, 0) is 62.2 Å². The zero-order chi connectivity index (χ0) is 24.8. The summed E-state index contributed by atoms with van der Waals surface area (Å²) in [5.74, 6) is -1.34. The molecule has 7 nitrogen and oxygen atoms in total. The van der Waals surface area contributed by atoms with Gasteiger partial charge in [-0.15, -0.1) is 0 Å². The van der Waals surface area contributed by atoms with Crippen LogP contribution in [0.4, 0.5) is 10.1 Å². The Kier molecular flexibility index (Phi) is 9.25. The van der Waals surface area contributed by atoms with E-state index in [1.807, 2.05) is 13.8 Å². The Morgan fingerprint density at radius 1 is 1.06 bits per heavy atom. The third kappa shape index (κ3) is 7.71. The van der Waals surface area contributed by atoms with E-state index < -0.39 is 34.3 Å². The minimum atomic E-state index is -3.82. The lowest BCUT2D eigenvalue weighted by Gasteiger charge is -2.33. The molecule has 0 saturated carbocycles. The standard InChI is InChI=1S/C23H29ClFN3O4S/c1-5-21(23(30)26-16(2)3)27(14-17-6-10-19(25)11-7-17)22(29)15-28(33(4,31)32)20-12-8-18(24)9-13-20/h6-13,16,21H,5,14-15H2,1-4H3,(H,26,30)/t21-/m1/s1. The van der Waals surface area contributed by atoms with Crippen LogP contribution in [-0.4, -0.2) is 50.0 Å². The maximum Gasteiger partial charge on any atom is 0.244 e. The molecule has 0 spiro atoms. The van der Waals surface area contributed by atoms with Crippen LogP contribution in [0.1, 0.15) is 32.8 Å². The van der Waals surface area contributed by atoms with Crippen molar-refractivity contribution < 1.29 is 22.4 Å². The largest absolute Gasteiger partial charge is 0.352 e. The molecule has 0 aromatic heterocycles. The molecule has 1 N–H and O–H groups in total. The summed E-state index contributed by atoms with van der Waals surface area (Å²) in [5.41, 5.74) is 0.884. The average Bonchev–Trinajstić information content (AvgIpc) is 2.72. The number of nitrogens with one attached hydrogen (secondary N) is 1. The number of hydrogen-bond acceptors (Lipinski definition) is 4. The first kappa shape index (κ1) is 26.6. The molecule has 10 heteroatoms. The van der Waals surface area contributed by atoms with E-state index in [0.717, 1.165) is 10.6 Å². The lowest BCUT2D eigenvalue weighted by Crippen LogP contribution is -2.53. The molecule has 0 fully saturated rings. The second kappa shape index (κ2) is 11.5. The summed E-state index contributed by atoms with van der Waals surface area (Å²) in [6, 6.07) is 10.7. The fourth-order valence-electron chi connectivity index (χ4n) is 3.31. The van der Waals surface area contributed by atoms with Crippen LogP contribution >= 0.6 is 11.6 Å². The second-order valence-electron chi connectivity index (χ2n) is 7.98. The van der Waals surface area contributed by atoms with Crippen molar-refractivity contribution in [2.75, 3.05) is 17.1 Å². The van der Waals surface area contributed by atoms with E-state index in [2.05, 4.69) is 5.32 Å². The number of amides is 2. The van der Waals surface area contributed by atoms with Gasteiger partial charge in [0.25, 0.3) is 0 Å². The number of sulfonamides is 1. The molecule has 2 amide bonds. The van der Waals surface area contributed by atoms with Crippen LogP contribution in [0.25, 0.3) is 0 Å². The van der Waals surface area contributed by atoms with Gasteiger partial charge in [-0.2, -0.15) is 0 Å². The minimum absolute atomic E-state index is 0.0152. The number of hydrogen-bond donors (Lipinski definition) is 1. The molecule has 0 heterocycles. The summed E-state index contributed by atoms with van der Waals surface area (Å²) in [5, 5.41) is 3.23. The van der Waals surface area contributed by atoms with Gasteiger partial charge in [0.15, 0.2) is 0 Å². The predicted molar refractivity (Wildman–Crippen MR) is 128 cm³/mol. The molecular formula is C23H29ClFN3O4S. The van der Waals surface area contributed by atoms with Crippen molar-refractivity contribution in [3.63, 3.8) is 0 Å². The second-order valence-corrected chi connectivity index (χ2v) is 10.3. The van der Waals surface area contributed by atoms with E-state index in [9.17, 15) is 22.4 Å². The zero-order valence-corrected chi connectivity index (χ0v) is 20.7. The molecule has 2 rings (SSSR count). The van der Waals surface area contributed by atoms with Crippen molar-refractivity contribution in [1.82, 2.24) is 10.2 Å². The molecule has 0 aliphatic carbocycles. The Morgan fingerprint density at radius 3 is 2.12 bits per heavy atom. The van der Waals surface area contributed by atoms with Crippen LogP contribution in [0, 0.1) is 5.82 Å². The van der Waals surface area contributed by atoms with E-state index >= 15 is 0 Å². The summed E-state index contributed by atoms with van der Waals surface area (Å²) in [6.07, 6.45) is 1.31. The number of nitrogens with zero attached hydrogens (tertiary/aromatic N) is 2. The van der Waals surface area contributed by atoms with E-state index in [1.54, 1.807) is 6.92 Å². The molecule has 1 atom stereocenters. The van der Waals surface area contributed by atoms with Gasteiger partial charge < -0.3 is 10.2 Å². The molecule has 0 unspecified atom stereocenters. The van der Waals surface area contributed by atoms with Gasteiger partial charge in [0.1, 0.15) is 18.4 Å². The van der Waals surface area contributed by atoms with Crippen LogP contribution in [-0.2, 0) is 26.2 Å². The third-order valence-corrected chi connectivity index (χ3v) is 6.27. The van der Waals surface area contributed by atoms with Crippen molar-refractivity contribution in [2.24, 2.45) is 0 Å². The molecule has 2 aromatic rings. The quantitative estimate of drug-likeness (QED) is 0.543. The van der Waals surface area contributed by atoms with Crippen LogP contribution in [0.3, 0.4) is 0 Å². The zero-order valence-electron chi connectivity index (χ0n) is 19.1. The monoisotopic (exact) mass is 497 g/mol. The van der Waals surface area contributed by atoms with Gasteiger partial charge in [-0.3, -0.25) is 13.9 Å². The number of benzene rings is 2. The Balaban J connectivity index is 2.42. The molecule has 33 heavy (non-hydrogen) atoms. The molecule has 0 saturated heterocycles. The smallest absolute Gasteiger partial charge is 0.244 e. The molecule has 0 aliphatic heterocycles. The lowest BCUT2D eigenvalue weighted by molar-refractivity contribution is -0.140. The number of anilines is 1. The summed E-state index contributed by atoms with van der Waals surface area (Å²) in [4.78, 5) is 27.6. The summed E-state index contributed by atoms with van der Waals surface area (Å²) in [6.45, 7) is 4.89. The average molecular weight is 498 g/mol. The van der Waals surface area contributed by atoms with Crippen molar-refractivity contribution in [3.05, 3.63) is 64.9 Å². The van der Waals surface area contributed by atoms with Gasteiger partial charge in [0.2, 0.25) is 21.8 Å². The van der Waals surface area contributed by atoms with Gasteiger partial charge in [-0.25, -0.2) is 12.8 Å². The lowest BCUT2D eigenvalue weighted by atomic mass is 10.1. The van der Waals surface area contributed by atoms with Crippen LogP contribution < -0.4 is 9.62 Å². The summed E-state index contributed by atoms with van der Waals surface area (Å²) < 4.78 is 39.3. The normalized spacial score (nSPS) is 12.3. The predicted octanol–water partition coefficient (Wildman–Crippen LogP) is 3.58. The number of carbonyl (C=O) groups is 2. The fraction of sp³-hybridized carbons (Fsp3) is 0.391. The van der Waals surface area contributed by atoms with Crippen molar-refractivity contribution >= 4 is 39.1 Å². The van der Waals surface area contributed by atoms with Crippen LogP contribution in [0.15, 0.2) is 48.5 Å². The molecule has 2 aromatic carbocycles. The molecule has 0 radical (unpaired) electrons. The third-order valence-electron chi connectivity index (χ3n) is 4.88. The summed E-state index contributed by atoms with van der Waals surface area (Å²) in [7, 11) is -3.82. The highest BCUT2D eigenvalue weighted by Gasteiger charge is 2.31. The first-order chi connectivity index (χ1) is 15.4. The van der Waals surface area contributed by atoms with Crippen molar-refractivity contribution in [1.29, 1.82) is 0 Å². The fourth-order valence-corrected chi connectivity index (χ4v) is 4.28. The molecule has 180 valence electrons. The van der Waals surface area contributed by atoms with Gasteiger partial charge in [0, 0.05) is 17.6 Å². The first-order valence-electron chi connectivity index (χ1n) is 10.5. The molecule has 0 aliphatic rings. The Morgan fingerprint density at radius 2 is 1.64 bits per heavy atom. The molecular weight excluding hydrogens is 469 g/mol.